The molecule has 6 heteroatoms. The number of halogens is 2. The van der Waals surface area contributed by atoms with E-state index in [1.807, 2.05) is 16.7 Å². The fourth-order valence-electron chi connectivity index (χ4n) is 3.45. The van der Waals surface area contributed by atoms with Crippen molar-refractivity contribution in [3.05, 3.63) is 76.6 Å². The molecule has 0 bridgehead atoms. The first kappa shape index (κ1) is 17.4. The standard InChI is InChI=1S/C21H15ClFNO3/c1-27-20-16(21(25)26)8-7-15-17-10-13(22)4-9-18(17)24(19(15)20)11-12-2-5-14(23)6-3-12/h2-10H,11H2,1H3,(H,25,26). The number of methoxy groups -OCH3 is 1. The Labute approximate surface area is 159 Å². The van der Waals surface area contributed by atoms with Crippen molar-refractivity contribution in [2.75, 3.05) is 7.11 Å². The monoisotopic (exact) mass is 383 g/mol. The number of fused-ring (bicyclic) bond motifs is 3. The van der Waals surface area contributed by atoms with Crippen molar-refractivity contribution in [1.29, 1.82) is 0 Å². The molecule has 0 spiro atoms. The molecule has 27 heavy (non-hydrogen) atoms. The van der Waals surface area contributed by atoms with Gasteiger partial charge in [-0.1, -0.05) is 29.8 Å². The Bertz CT molecular complexity index is 1180. The molecule has 0 atom stereocenters. The molecule has 0 aliphatic heterocycles. The van der Waals surface area contributed by atoms with Crippen molar-refractivity contribution in [3.63, 3.8) is 0 Å². The summed E-state index contributed by atoms with van der Waals surface area (Å²) < 4.78 is 20.7. The molecular weight excluding hydrogens is 369 g/mol. The van der Waals surface area contributed by atoms with Crippen molar-refractivity contribution < 1.29 is 19.0 Å². The summed E-state index contributed by atoms with van der Waals surface area (Å²) in [6, 6.07) is 15.0. The summed E-state index contributed by atoms with van der Waals surface area (Å²) in [7, 11) is 1.45. The van der Waals surface area contributed by atoms with Gasteiger partial charge in [-0.05, 0) is 42.0 Å². The maximum atomic E-state index is 13.3. The smallest absolute Gasteiger partial charge is 0.339 e. The predicted octanol–water partition coefficient (Wildman–Crippen LogP) is 5.34. The van der Waals surface area contributed by atoms with Crippen molar-refractivity contribution in [1.82, 2.24) is 4.57 Å². The number of carbonyl (C=O) groups is 1. The van der Waals surface area contributed by atoms with E-state index in [9.17, 15) is 14.3 Å². The van der Waals surface area contributed by atoms with Gasteiger partial charge in [0.05, 0.1) is 12.6 Å². The number of ether oxygens (including phenoxy) is 1. The Morgan fingerprint density at radius 1 is 1.11 bits per heavy atom. The average Bonchev–Trinajstić information content (AvgIpc) is 2.96. The number of carboxylic acid groups (broad SMARTS) is 1. The summed E-state index contributed by atoms with van der Waals surface area (Å²) in [4.78, 5) is 11.6. The largest absolute Gasteiger partial charge is 0.494 e. The van der Waals surface area contributed by atoms with E-state index in [1.165, 1.54) is 25.3 Å². The normalized spacial score (nSPS) is 11.2. The molecule has 0 unspecified atom stereocenters. The molecule has 0 aliphatic rings. The quantitative estimate of drug-likeness (QED) is 0.517. The Morgan fingerprint density at radius 2 is 1.85 bits per heavy atom. The first-order valence-electron chi connectivity index (χ1n) is 8.26. The molecule has 0 amide bonds. The molecule has 4 aromatic rings. The summed E-state index contributed by atoms with van der Waals surface area (Å²) in [6.45, 7) is 0.432. The fraction of sp³-hybridized carbons (Fsp3) is 0.0952. The van der Waals surface area contributed by atoms with E-state index in [4.69, 9.17) is 16.3 Å². The number of benzene rings is 3. The summed E-state index contributed by atoms with van der Waals surface area (Å²) in [5.41, 5.74) is 2.52. The zero-order valence-electron chi connectivity index (χ0n) is 14.4. The Morgan fingerprint density at radius 3 is 2.52 bits per heavy atom. The van der Waals surface area contributed by atoms with Gasteiger partial charge in [0.1, 0.15) is 11.4 Å². The van der Waals surface area contributed by atoms with Crippen LogP contribution in [0.3, 0.4) is 0 Å². The molecule has 4 nitrogen and oxygen atoms in total. The number of carboxylic acids is 1. The van der Waals surface area contributed by atoms with Crippen LogP contribution in [0.15, 0.2) is 54.6 Å². The molecule has 0 fully saturated rings. The maximum absolute atomic E-state index is 13.3. The Kier molecular flexibility index (Phi) is 4.24. The lowest BCUT2D eigenvalue weighted by molar-refractivity contribution is 0.0693. The van der Waals surface area contributed by atoms with Crippen LogP contribution >= 0.6 is 11.6 Å². The summed E-state index contributed by atoms with van der Waals surface area (Å²) in [5.74, 6) is -1.08. The zero-order chi connectivity index (χ0) is 19.1. The third kappa shape index (κ3) is 2.90. The van der Waals surface area contributed by atoms with Gasteiger partial charge >= 0.3 is 5.97 Å². The number of nitrogens with zero attached hydrogens (tertiary/aromatic N) is 1. The van der Waals surface area contributed by atoms with Crippen molar-refractivity contribution in [3.8, 4) is 5.75 Å². The van der Waals surface area contributed by atoms with E-state index >= 15 is 0 Å². The minimum absolute atomic E-state index is 0.0826. The first-order valence-corrected chi connectivity index (χ1v) is 8.63. The van der Waals surface area contributed by atoms with Gasteiger partial charge in [-0.15, -0.1) is 0 Å². The van der Waals surface area contributed by atoms with E-state index in [0.29, 0.717) is 17.1 Å². The Hall–Kier alpha value is -3.05. The molecule has 0 saturated heterocycles. The van der Waals surface area contributed by atoms with Crippen LogP contribution in [0.2, 0.25) is 5.02 Å². The number of aromatic nitrogens is 1. The van der Waals surface area contributed by atoms with Crippen molar-refractivity contribution >= 4 is 39.4 Å². The third-order valence-electron chi connectivity index (χ3n) is 4.63. The number of hydrogen-bond donors (Lipinski definition) is 1. The van der Waals surface area contributed by atoms with Crippen LogP contribution in [0.25, 0.3) is 21.8 Å². The van der Waals surface area contributed by atoms with Crippen LogP contribution in [-0.2, 0) is 6.54 Å². The van der Waals surface area contributed by atoms with Gasteiger partial charge in [-0.25, -0.2) is 9.18 Å². The highest BCUT2D eigenvalue weighted by Crippen LogP contribution is 2.38. The predicted molar refractivity (Wildman–Crippen MR) is 103 cm³/mol. The molecule has 1 N–H and O–H groups in total. The van der Waals surface area contributed by atoms with Gasteiger partial charge in [0, 0.05) is 27.9 Å². The zero-order valence-corrected chi connectivity index (χ0v) is 15.1. The highest BCUT2D eigenvalue weighted by Gasteiger charge is 2.21. The van der Waals surface area contributed by atoms with Gasteiger partial charge in [0.2, 0.25) is 0 Å². The van der Waals surface area contributed by atoms with Crippen LogP contribution in [0, 0.1) is 5.82 Å². The molecule has 4 rings (SSSR count). The van der Waals surface area contributed by atoms with E-state index in [0.717, 1.165) is 21.9 Å². The van der Waals surface area contributed by atoms with Gasteiger partial charge in [0.15, 0.2) is 5.75 Å². The third-order valence-corrected chi connectivity index (χ3v) is 4.86. The van der Waals surface area contributed by atoms with E-state index in [2.05, 4.69) is 0 Å². The fourth-order valence-corrected chi connectivity index (χ4v) is 3.62. The summed E-state index contributed by atoms with van der Waals surface area (Å²) in [5, 5.41) is 11.9. The van der Waals surface area contributed by atoms with Crippen LogP contribution in [-0.4, -0.2) is 22.8 Å². The Balaban J connectivity index is 2.07. The lowest BCUT2D eigenvalue weighted by Gasteiger charge is -2.12. The molecule has 1 aromatic heterocycles. The molecule has 3 aromatic carbocycles. The van der Waals surface area contributed by atoms with Gasteiger partial charge in [-0.3, -0.25) is 0 Å². The minimum atomic E-state index is -1.06. The number of aromatic carboxylic acids is 1. The van der Waals surface area contributed by atoms with Crippen molar-refractivity contribution in [2.45, 2.75) is 6.54 Å². The van der Waals surface area contributed by atoms with E-state index in [1.54, 1.807) is 24.3 Å². The van der Waals surface area contributed by atoms with E-state index in [-0.39, 0.29) is 17.1 Å². The second-order valence-electron chi connectivity index (χ2n) is 6.22. The van der Waals surface area contributed by atoms with Gasteiger partial charge < -0.3 is 14.4 Å². The lowest BCUT2D eigenvalue weighted by Crippen LogP contribution is -2.05. The van der Waals surface area contributed by atoms with Crippen LogP contribution in [0.5, 0.6) is 5.75 Å². The first-order chi connectivity index (χ1) is 13.0. The second-order valence-corrected chi connectivity index (χ2v) is 6.66. The van der Waals surface area contributed by atoms with Crippen LogP contribution in [0.1, 0.15) is 15.9 Å². The molecule has 0 aliphatic carbocycles. The molecular formula is C21H15ClFNO3. The van der Waals surface area contributed by atoms with Gasteiger partial charge in [0.25, 0.3) is 0 Å². The topological polar surface area (TPSA) is 51.5 Å². The minimum Gasteiger partial charge on any atom is -0.494 e. The highest BCUT2D eigenvalue weighted by molar-refractivity contribution is 6.32. The molecule has 1 heterocycles. The second kappa shape index (κ2) is 6.59. The number of rotatable bonds is 4. The average molecular weight is 384 g/mol. The highest BCUT2D eigenvalue weighted by atomic mass is 35.5. The number of hydrogen-bond acceptors (Lipinski definition) is 2. The SMILES string of the molecule is COc1c(C(=O)O)ccc2c3cc(Cl)ccc3n(Cc3ccc(F)cc3)c12. The summed E-state index contributed by atoms with van der Waals surface area (Å²) in [6.07, 6.45) is 0. The molecule has 0 saturated carbocycles. The maximum Gasteiger partial charge on any atom is 0.339 e. The van der Waals surface area contributed by atoms with Crippen LogP contribution in [0.4, 0.5) is 4.39 Å². The van der Waals surface area contributed by atoms with Crippen molar-refractivity contribution in [2.24, 2.45) is 0 Å². The molecule has 136 valence electrons. The molecule has 0 radical (unpaired) electrons. The van der Waals surface area contributed by atoms with E-state index < -0.39 is 5.97 Å². The lowest BCUT2D eigenvalue weighted by atomic mass is 10.1. The summed E-state index contributed by atoms with van der Waals surface area (Å²) >= 11 is 6.19. The van der Waals surface area contributed by atoms with Gasteiger partial charge in [-0.2, -0.15) is 0 Å². The van der Waals surface area contributed by atoms with Crippen LogP contribution < -0.4 is 4.74 Å².